The van der Waals surface area contributed by atoms with Gasteiger partial charge in [0.1, 0.15) is 5.82 Å². The van der Waals surface area contributed by atoms with Gasteiger partial charge in [0.05, 0.1) is 5.52 Å². The van der Waals surface area contributed by atoms with Crippen LogP contribution in [0.4, 0.5) is 19.0 Å². The number of aryl methyl sites for hydroxylation is 1. The molecule has 1 aromatic carbocycles. The van der Waals surface area contributed by atoms with Crippen molar-refractivity contribution in [3.05, 3.63) is 52.9 Å². The number of amides is 1. The quantitative estimate of drug-likeness (QED) is 0.647. The molecule has 0 spiro atoms. The maximum Gasteiger partial charge on any atom is 0.451 e. The molecular weight excluding hydrogens is 455 g/mol. The summed E-state index contributed by atoms with van der Waals surface area (Å²) in [6.07, 6.45) is 1.96. The van der Waals surface area contributed by atoms with Crippen LogP contribution in [0.1, 0.15) is 37.6 Å². The number of aromatic nitrogens is 2. The third kappa shape index (κ3) is 4.78. The van der Waals surface area contributed by atoms with Crippen molar-refractivity contribution < 1.29 is 18.0 Å². The Labute approximate surface area is 203 Å². The van der Waals surface area contributed by atoms with Crippen LogP contribution in [0.15, 0.2) is 41.5 Å². The van der Waals surface area contributed by atoms with Crippen molar-refractivity contribution in [1.82, 2.24) is 19.8 Å². The van der Waals surface area contributed by atoms with Gasteiger partial charge in [0.25, 0.3) is 0 Å². The van der Waals surface area contributed by atoms with E-state index in [1.807, 2.05) is 34.9 Å². The number of allylic oxidation sites excluding steroid dienone is 3. The molecule has 3 aliphatic rings. The highest BCUT2D eigenvalue weighted by atomic mass is 19.4. The number of fused-ring (bicyclic) bond motifs is 1. The highest BCUT2D eigenvalue weighted by molar-refractivity contribution is 5.94. The van der Waals surface area contributed by atoms with Gasteiger partial charge in [-0.25, -0.2) is 9.97 Å². The lowest BCUT2D eigenvalue weighted by molar-refractivity contribution is -0.144. The van der Waals surface area contributed by atoms with E-state index in [9.17, 15) is 18.0 Å². The Kier molecular flexibility index (Phi) is 6.29. The molecule has 2 fully saturated rings. The van der Waals surface area contributed by atoms with Crippen LogP contribution in [-0.4, -0.2) is 71.0 Å². The van der Waals surface area contributed by atoms with Crippen molar-refractivity contribution in [2.24, 2.45) is 0 Å². The normalized spacial score (nSPS) is 21.9. The molecule has 1 aliphatic carbocycles. The molecule has 1 amide bonds. The topological polar surface area (TPSA) is 52.6 Å². The first-order chi connectivity index (χ1) is 16.7. The number of anilines is 1. The predicted molar refractivity (Wildman–Crippen MR) is 129 cm³/mol. The molecule has 9 heteroatoms. The molecule has 3 heterocycles. The summed E-state index contributed by atoms with van der Waals surface area (Å²) >= 11 is 0. The Morgan fingerprint density at radius 2 is 1.77 bits per heavy atom. The fraction of sp³-hybridized carbons (Fsp3) is 0.500. The van der Waals surface area contributed by atoms with E-state index in [-0.39, 0.29) is 11.9 Å². The van der Waals surface area contributed by atoms with Crippen LogP contribution in [0.5, 0.6) is 0 Å². The Bertz CT molecular complexity index is 1200. The molecule has 6 nitrogen and oxygen atoms in total. The maximum atomic E-state index is 13.5. The molecule has 2 aromatic rings. The number of rotatable bonds is 3. The smallest absolute Gasteiger partial charge is 0.354 e. The van der Waals surface area contributed by atoms with E-state index in [4.69, 9.17) is 0 Å². The molecule has 0 unspecified atom stereocenters. The van der Waals surface area contributed by atoms with Crippen molar-refractivity contribution in [3.8, 4) is 0 Å². The van der Waals surface area contributed by atoms with Gasteiger partial charge < -0.3 is 9.80 Å². The molecule has 5 rings (SSSR count). The lowest BCUT2D eigenvalue weighted by Crippen LogP contribution is -2.52. The summed E-state index contributed by atoms with van der Waals surface area (Å²) in [5.41, 5.74) is 3.36. The number of carbonyl (C=O) groups excluding carboxylic acids is 1. The van der Waals surface area contributed by atoms with E-state index in [0.29, 0.717) is 42.9 Å². The number of benzene rings is 1. The van der Waals surface area contributed by atoms with Gasteiger partial charge in [-0.3, -0.25) is 9.69 Å². The van der Waals surface area contributed by atoms with Gasteiger partial charge in [-0.1, -0.05) is 29.9 Å². The Morgan fingerprint density at radius 1 is 1.00 bits per heavy atom. The average Bonchev–Trinajstić information content (AvgIpc) is 3.33. The lowest BCUT2D eigenvalue weighted by Gasteiger charge is -2.38. The maximum absolute atomic E-state index is 13.5. The second-order valence-corrected chi connectivity index (χ2v) is 9.76. The third-order valence-electron chi connectivity index (χ3n) is 7.38. The third-order valence-corrected chi connectivity index (χ3v) is 7.38. The van der Waals surface area contributed by atoms with Crippen LogP contribution < -0.4 is 4.90 Å². The minimum atomic E-state index is -4.60. The minimum absolute atomic E-state index is 0.129. The molecule has 35 heavy (non-hydrogen) atoms. The van der Waals surface area contributed by atoms with Crippen LogP contribution in [0.2, 0.25) is 0 Å². The van der Waals surface area contributed by atoms with Crippen LogP contribution in [0, 0.1) is 6.92 Å². The fourth-order valence-corrected chi connectivity index (χ4v) is 5.33. The number of halogens is 3. The number of piperazine rings is 1. The standard InChI is InChI=1S/C26H30F3N5O/c1-17-6-8-19(9-7-17)24(35)33-14-12-32(13-15-33)20-10-11-34(16-20)23-22-18(2)4-3-5-21(22)30-25(31-23)26(27,28)29/h3-6,8,20H,7,9-16H2,1-2H3/t20-/m1/s1. The van der Waals surface area contributed by atoms with E-state index in [1.54, 1.807) is 12.1 Å². The van der Waals surface area contributed by atoms with Gasteiger partial charge >= 0.3 is 6.18 Å². The van der Waals surface area contributed by atoms with E-state index < -0.39 is 12.0 Å². The van der Waals surface area contributed by atoms with Gasteiger partial charge in [0.15, 0.2) is 0 Å². The molecule has 2 aliphatic heterocycles. The second-order valence-electron chi connectivity index (χ2n) is 9.76. The van der Waals surface area contributed by atoms with E-state index in [0.717, 1.165) is 43.5 Å². The minimum Gasteiger partial charge on any atom is -0.354 e. The number of nitrogens with zero attached hydrogens (tertiary/aromatic N) is 5. The van der Waals surface area contributed by atoms with Crippen molar-refractivity contribution >= 4 is 22.6 Å². The van der Waals surface area contributed by atoms with Crippen molar-refractivity contribution in [3.63, 3.8) is 0 Å². The zero-order valence-corrected chi connectivity index (χ0v) is 20.1. The SMILES string of the molecule is CC1=CC=C(C(=O)N2CCN([C@@H]3CCN(c4nc(C(F)(F)F)nc5cccc(C)c45)C3)CC2)CC1. The van der Waals surface area contributed by atoms with Gasteiger partial charge in [0, 0.05) is 56.3 Å². The molecule has 0 saturated carbocycles. The Morgan fingerprint density at radius 3 is 2.46 bits per heavy atom. The number of alkyl halides is 3. The first kappa shape index (κ1) is 23.8. The molecule has 0 radical (unpaired) electrons. The van der Waals surface area contributed by atoms with Crippen molar-refractivity contribution in [2.75, 3.05) is 44.2 Å². The number of carbonyl (C=O) groups is 1. The summed E-state index contributed by atoms with van der Waals surface area (Å²) in [6, 6.07) is 5.44. The average molecular weight is 486 g/mol. The van der Waals surface area contributed by atoms with Crippen LogP contribution in [0.25, 0.3) is 10.9 Å². The largest absolute Gasteiger partial charge is 0.451 e. The fourth-order valence-electron chi connectivity index (χ4n) is 5.33. The van der Waals surface area contributed by atoms with Crippen LogP contribution >= 0.6 is 0 Å². The van der Waals surface area contributed by atoms with Crippen LogP contribution in [-0.2, 0) is 11.0 Å². The van der Waals surface area contributed by atoms with E-state index in [1.165, 1.54) is 5.57 Å². The molecule has 186 valence electrons. The molecule has 2 saturated heterocycles. The first-order valence-electron chi connectivity index (χ1n) is 12.2. The number of hydrogen-bond acceptors (Lipinski definition) is 5. The zero-order chi connectivity index (χ0) is 24.7. The van der Waals surface area contributed by atoms with Crippen LogP contribution in [0.3, 0.4) is 0 Å². The zero-order valence-electron chi connectivity index (χ0n) is 20.1. The summed E-state index contributed by atoms with van der Waals surface area (Å²) in [5.74, 6) is -0.600. The summed E-state index contributed by atoms with van der Waals surface area (Å²) < 4.78 is 40.5. The molecular formula is C26H30F3N5O. The van der Waals surface area contributed by atoms with E-state index in [2.05, 4.69) is 21.8 Å². The van der Waals surface area contributed by atoms with Gasteiger partial charge in [-0.15, -0.1) is 0 Å². The second kappa shape index (κ2) is 9.26. The summed E-state index contributed by atoms with van der Waals surface area (Å²) in [6.45, 7) is 8.09. The molecule has 0 bridgehead atoms. The Balaban J connectivity index is 1.28. The van der Waals surface area contributed by atoms with E-state index >= 15 is 0 Å². The van der Waals surface area contributed by atoms with Gasteiger partial charge in [-0.05, 0) is 44.7 Å². The summed E-state index contributed by atoms with van der Waals surface area (Å²) in [7, 11) is 0. The van der Waals surface area contributed by atoms with Gasteiger partial charge in [-0.2, -0.15) is 13.2 Å². The molecule has 0 N–H and O–H groups in total. The monoisotopic (exact) mass is 485 g/mol. The lowest BCUT2D eigenvalue weighted by atomic mass is 9.98. The van der Waals surface area contributed by atoms with Crippen molar-refractivity contribution in [1.29, 1.82) is 0 Å². The molecule has 1 aromatic heterocycles. The summed E-state index contributed by atoms with van der Waals surface area (Å²) in [5, 5.41) is 0.682. The highest BCUT2D eigenvalue weighted by Crippen LogP contribution is 2.35. The summed E-state index contributed by atoms with van der Waals surface area (Å²) in [4.78, 5) is 26.9. The molecule has 1 atom stereocenters. The van der Waals surface area contributed by atoms with Crippen molar-refractivity contribution in [2.45, 2.75) is 45.3 Å². The Hall–Kier alpha value is -2.94. The van der Waals surface area contributed by atoms with Gasteiger partial charge in [0.2, 0.25) is 11.7 Å². The number of hydrogen-bond donors (Lipinski definition) is 0. The predicted octanol–water partition coefficient (Wildman–Crippen LogP) is 4.35. The first-order valence-corrected chi connectivity index (χ1v) is 12.2. The highest BCUT2D eigenvalue weighted by Gasteiger charge is 2.38.